The highest BCUT2D eigenvalue weighted by atomic mass is 79.9. The summed E-state index contributed by atoms with van der Waals surface area (Å²) in [5.74, 6) is 0. The van der Waals surface area contributed by atoms with Crippen LogP contribution in [-0.2, 0) is 11.3 Å². The van der Waals surface area contributed by atoms with Gasteiger partial charge in [-0.2, -0.15) is 5.10 Å². The van der Waals surface area contributed by atoms with Crippen LogP contribution in [0.15, 0.2) is 16.9 Å². The summed E-state index contributed by atoms with van der Waals surface area (Å²) in [4.78, 5) is 11.3. The number of hydrogen-bond acceptors (Lipinski definition) is 3. The zero-order chi connectivity index (χ0) is 13.8. The molecule has 5 nitrogen and oxygen atoms in total. The van der Waals surface area contributed by atoms with Crippen molar-refractivity contribution in [2.24, 2.45) is 0 Å². The Kier molecular flexibility index (Phi) is 5.13. The van der Waals surface area contributed by atoms with Gasteiger partial charge in [0.1, 0.15) is 11.8 Å². The van der Waals surface area contributed by atoms with Crippen LogP contribution in [0.1, 0.15) is 20.8 Å². The van der Waals surface area contributed by atoms with Crippen LogP contribution in [-0.4, -0.2) is 34.2 Å². The summed E-state index contributed by atoms with van der Waals surface area (Å²) in [6.45, 7) is 5.23. The molecule has 1 N–H and O–H groups in total. The second-order valence-corrected chi connectivity index (χ2v) is 5.78. The Morgan fingerprint density at radius 2 is 2.33 bits per heavy atom. The zero-order valence-electron chi connectivity index (χ0n) is 10.6. The van der Waals surface area contributed by atoms with E-state index in [2.05, 4.69) is 26.3 Å². The third-order valence-corrected chi connectivity index (χ3v) is 2.26. The monoisotopic (exact) mass is 321 g/mol. The molecule has 0 saturated carbocycles. The Morgan fingerprint density at radius 3 is 2.83 bits per heavy atom. The summed E-state index contributed by atoms with van der Waals surface area (Å²) in [5.41, 5.74) is -0.581. The van der Waals surface area contributed by atoms with E-state index < -0.39 is 17.9 Å². The number of alkyl halides is 1. The van der Waals surface area contributed by atoms with Crippen LogP contribution in [0.25, 0.3) is 0 Å². The van der Waals surface area contributed by atoms with Gasteiger partial charge in [0.25, 0.3) is 0 Å². The molecule has 1 aromatic heterocycles. The maximum absolute atomic E-state index is 13.5. The number of nitrogens with zero attached hydrogens (tertiary/aromatic N) is 2. The number of amides is 1. The minimum Gasteiger partial charge on any atom is -0.444 e. The Balaban J connectivity index is 2.29. The van der Waals surface area contributed by atoms with Gasteiger partial charge in [-0.15, -0.1) is 0 Å². The Hall–Kier alpha value is -1.11. The molecule has 0 radical (unpaired) electrons. The number of ether oxygens (including phenoxy) is 1. The third kappa shape index (κ3) is 6.00. The predicted octanol–water partition coefficient (Wildman–Crippen LogP) is 2.51. The molecule has 0 aliphatic heterocycles. The topological polar surface area (TPSA) is 56.1 Å². The van der Waals surface area contributed by atoms with Crippen LogP contribution in [0.5, 0.6) is 0 Å². The largest absolute Gasteiger partial charge is 0.444 e. The Bertz CT molecular complexity index is 403. The molecule has 0 aliphatic rings. The van der Waals surface area contributed by atoms with Crippen molar-refractivity contribution in [2.45, 2.75) is 39.1 Å². The number of halogens is 2. The number of rotatable bonds is 4. The summed E-state index contributed by atoms with van der Waals surface area (Å²) in [6.07, 6.45) is 1.41. The van der Waals surface area contributed by atoms with Crippen molar-refractivity contribution in [3.63, 3.8) is 0 Å². The van der Waals surface area contributed by atoms with E-state index in [1.807, 2.05) is 0 Å². The molecule has 0 aliphatic carbocycles. The van der Waals surface area contributed by atoms with Gasteiger partial charge < -0.3 is 10.1 Å². The maximum Gasteiger partial charge on any atom is 0.407 e. The number of carbonyl (C=O) groups excluding carboxylic acids is 1. The van der Waals surface area contributed by atoms with Crippen molar-refractivity contribution >= 4 is 22.0 Å². The minimum atomic E-state index is -1.22. The van der Waals surface area contributed by atoms with Crippen molar-refractivity contribution in [1.29, 1.82) is 0 Å². The highest BCUT2D eigenvalue weighted by Crippen LogP contribution is 2.08. The number of aromatic nitrogens is 2. The highest BCUT2D eigenvalue weighted by molar-refractivity contribution is 9.10. The first-order valence-electron chi connectivity index (χ1n) is 5.55. The molecule has 1 amide bonds. The van der Waals surface area contributed by atoms with Gasteiger partial charge in [-0.25, -0.2) is 9.18 Å². The lowest BCUT2D eigenvalue weighted by atomic mass is 10.2. The number of alkyl carbamates (subject to hydrolysis) is 1. The van der Waals surface area contributed by atoms with Gasteiger partial charge in [0.05, 0.1) is 23.8 Å². The lowest BCUT2D eigenvalue weighted by Gasteiger charge is -2.20. The quantitative estimate of drug-likeness (QED) is 0.927. The average Bonchev–Trinajstić information content (AvgIpc) is 2.58. The van der Waals surface area contributed by atoms with E-state index in [9.17, 15) is 9.18 Å². The fraction of sp³-hybridized carbons (Fsp3) is 0.636. The fourth-order valence-electron chi connectivity index (χ4n) is 1.21. The minimum absolute atomic E-state index is 0.0847. The molecule has 102 valence electrons. The molecule has 1 heterocycles. The highest BCUT2D eigenvalue weighted by Gasteiger charge is 2.17. The lowest BCUT2D eigenvalue weighted by Crippen LogP contribution is -2.36. The average molecular weight is 322 g/mol. The van der Waals surface area contributed by atoms with Gasteiger partial charge in [-0.3, -0.25) is 4.68 Å². The van der Waals surface area contributed by atoms with Gasteiger partial charge in [-0.1, -0.05) is 0 Å². The second-order valence-electron chi connectivity index (χ2n) is 4.86. The molecule has 0 spiro atoms. The van der Waals surface area contributed by atoms with Crippen LogP contribution in [0, 0.1) is 0 Å². The van der Waals surface area contributed by atoms with E-state index in [-0.39, 0.29) is 13.1 Å². The molecule has 1 rings (SSSR count). The normalized spacial score (nSPS) is 13.2. The third-order valence-electron chi connectivity index (χ3n) is 1.85. The lowest BCUT2D eigenvalue weighted by molar-refractivity contribution is 0.0510. The van der Waals surface area contributed by atoms with E-state index in [4.69, 9.17) is 4.74 Å². The van der Waals surface area contributed by atoms with E-state index in [1.165, 1.54) is 4.68 Å². The molecule has 7 heteroatoms. The first-order chi connectivity index (χ1) is 8.26. The van der Waals surface area contributed by atoms with E-state index in [0.29, 0.717) is 0 Å². The predicted molar refractivity (Wildman–Crippen MR) is 69.1 cm³/mol. The van der Waals surface area contributed by atoms with E-state index in [0.717, 1.165) is 4.47 Å². The van der Waals surface area contributed by atoms with Crippen LogP contribution in [0.4, 0.5) is 9.18 Å². The molecule has 1 atom stereocenters. The smallest absolute Gasteiger partial charge is 0.407 e. The van der Waals surface area contributed by atoms with Crippen LogP contribution >= 0.6 is 15.9 Å². The number of carbonyl (C=O) groups is 1. The second kappa shape index (κ2) is 6.17. The Labute approximate surface area is 114 Å². The SMILES string of the molecule is CC(C)(C)OC(=O)NCC(F)Cn1cc(Br)cn1. The van der Waals surface area contributed by atoms with Crippen molar-refractivity contribution < 1.29 is 13.9 Å². The summed E-state index contributed by atoms with van der Waals surface area (Å²) >= 11 is 3.22. The van der Waals surface area contributed by atoms with Crippen molar-refractivity contribution in [2.75, 3.05) is 6.54 Å². The summed E-state index contributed by atoms with van der Waals surface area (Å²) < 4.78 is 20.8. The summed E-state index contributed by atoms with van der Waals surface area (Å²) in [6, 6.07) is 0. The van der Waals surface area contributed by atoms with Gasteiger partial charge in [-0.05, 0) is 36.7 Å². The van der Waals surface area contributed by atoms with Gasteiger partial charge >= 0.3 is 6.09 Å². The van der Waals surface area contributed by atoms with Crippen LogP contribution in [0.3, 0.4) is 0 Å². The fourth-order valence-corrected chi connectivity index (χ4v) is 1.54. The van der Waals surface area contributed by atoms with Gasteiger partial charge in [0.15, 0.2) is 0 Å². The van der Waals surface area contributed by atoms with Crippen LogP contribution < -0.4 is 5.32 Å². The first kappa shape index (κ1) is 14.9. The molecular weight excluding hydrogens is 305 g/mol. The number of nitrogens with one attached hydrogen (secondary N) is 1. The van der Waals surface area contributed by atoms with Crippen molar-refractivity contribution in [3.05, 3.63) is 16.9 Å². The van der Waals surface area contributed by atoms with Crippen molar-refractivity contribution in [3.8, 4) is 0 Å². The van der Waals surface area contributed by atoms with E-state index in [1.54, 1.807) is 33.2 Å². The van der Waals surface area contributed by atoms with Crippen molar-refractivity contribution in [1.82, 2.24) is 15.1 Å². The molecule has 1 unspecified atom stereocenters. The molecular formula is C11H17BrFN3O2. The number of hydrogen-bond donors (Lipinski definition) is 1. The summed E-state index contributed by atoms with van der Waals surface area (Å²) in [5, 5.41) is 6.31. The molecule has 0 fully saturated rings. The van der Waals surface area contributed by atoms with Crippen LogP contribution in [0.2, 0.25) is 0 Å². The van der Waals surface area contributed by atoms with Gasteiger partial charge in [0.2, 0.25) is 0 Å². The molecule has 0 bridgehead atoms. The van der Waals surface area contributed by atoms with E-state index >= 15 is 0 Å². The first-order valence-corrected chi connectivity index (χ1v) is 6.34. The zero-order valence-corrected chi connectivity index (χ0v) is 12.2. The summed E-state index contributed by atoms with van der Waals surface area (Å²) in [7, 11) is 0. The standard InChI is InChI=1S/C11H17BrFN3O2/c1-11(2,3)18-10(17)14-5-9(13)7-16-6-8(12)4-15-16/h4,6,9H,5,7H2,1-3H3,(H,14,17). The Morgan fingerprint density at radius 1 is 1.67 bits per heavy atom. The molecule has 1 aromatic rings. The molecule has 18 heavy (non-hydrogen) atoms. The molecule has 0 aromatic carbocycles. The van der Waals surface area contributed by atoms with Gasteiger partial charge in [0, 0.05) is 6.20 Å². The maximum atomic E-state index is 13.5. The molecule has 0 saturated heterocycles.